The molecule has 0 aliphatic rings. The molecule has 6 heteroatoms. The fourth-order valence-electron chi connectivity index (χ4n) is 3.80. The topological polar surface area (TPSA) is 72.4 Å². The maximum atomic E-state index is 13.4. The van der Waals surface area contributed by atoms with Crippen molar-refractivity contribution in [3.8, 4) is 5.75 Å². The van der Waals surface area contributed by atoms with E-state index in [2.05, 4.69) is 10.6 Å². The van der Waals surface area contributed by atoms with Crippen molar-refractivity contribution in [1.82, 2.24) is 9.88 Å². The molecular weight excluding hydrogens is 426 g/mol. The van der Waals surface area contributed by atoms with Gasteiger partial charge in [0.25, 0.3) is 5.56 Å². The molecule has 4 aromatic rings. The number of nitrogens with one attached hydrogen (secondary N) is 2. The highest BCUT2D eigenvalue weighted by Gasteiger charge is 2.14. The second kappa shape index (κ2) is 10.3. The average molecular weight is 456 g/mol. The Bertz CT molecular complexity index is 1360. The van der Waals surface area contributed by atoms with Crippen LogP contribution < -0.4 is 20.9 Å². The quantitative estimate of drug-likeness (QED) is 0.409. The number of hydrogen-bond acceptors (Lipinski definition) is 4. The first kappa shape index (κ1) is 23.1. The standard InChI is InChI=1S/C28H29N3O3/c1-19-4-8-21(9-5-19)16-30-27(32)18-31-26-15-25(34-3)13-10-22(26)14-23(28(31)33)17-29-24-11-6-20(2)7-12-24/h4-15,29H,16-18H2,1-3H3,(H,30,32). The molecule has 3 aromatic carbocycles. The number of pyridine rings is 1. The number of carbonyl (C=O) groups is 1. The highest BCUT2D eigenvalue weighted by molar-refractivity contribution is 5.84. The average Bonchev–Trinajstić information content (AvgIpc) is 2.85. The van der Waals surface area contributed by atoms with Crippen LogP contribution in [0, 0.1) is 13.8 Å². The normalized spacial score (nSPS) is 10.8. The number of amides is 1. The lowest BCUT2D eigenvalue weighted by Crippen LogP contribution is -2.33. The molecule has 0 atom stereocenters. The van der Waals surface area contributed by atoms with Crippen molar-refractivity contribution in [2.45, 2.75) is 33.5 Å². The third-order valence-electron chi connectivity index (χ3n) is 5.82. The first-order valence-electron chi connectivity index (χ1n) is 11.3. The third-order valence-corrected chi connectivity index (χ3v) is 5.82. The molecule has 0 saturated carbocycles. The summed E-state index contributed by atoms with van der Waals surface area (Å²) in [7, 11) is 1.58. The highest BCUT2D eigenvalue weighted by atomic mass is 16.5. The summed E-state index contributed by atoms with van der Waals surface area (Å²) in [5.74, 6) is 0.404. The molecule has 0 radical (unpaired) electrons. The predicted molar refractivity (Wildman–Crippen MR) is 136 cm³/mol. The van der Waals surface area contributed by atoms with Crippen LogP contribution in [-0.2, 0) is 24.4 Å². The summed E-state index contributed by atoms with van der Waals surface area (Å²) in [6.07, 6.45) is 0. The Kier molecular flexibility index (Phi) is 6.97. The molecule has 2 N–H and O–H groups in total. The minimum absolute atomic E-state index is 0.0767. The Hall–Kier alpha value is -4.06. The molecule has 0 aliphatic heterocycles. The number of anilines is 1. The number of benzene rings is 3. The van der Waals surface area contributed by atoms with Crippen LogP contribution in [0.1, 0.15) is 22.3 Å². The third kappa shape index (κ3) is 5.46. The lowest BCUT2D eigenvalue weighted by Gasteiger charge is -2.15. The van der Waals surface area contributed by atoms with E-state index in [1.54, 1.807) is 13.2 Å². The van der Waals surface area contributed by atoms with E-state index in [4.69, 9.17) is 4.74 Å². The number of carbonyl (C=O) groups excluding carboxylic acids is 1. The van der Waals surface area contributed by atoms with E-state index in [0.717, 1.165) is 22.2 Å². The summed E-state index contributed by atoms with van der Waals surface area (Å²) in [6.45, 7) is 4.74. The molecule has 0 aliphatic carbocycles. The van der Waals surface area contributed by atoms with Gasteiger partial charge in [-0.25, -0.2) is 0 Å². The summed E-state index contributed by atoms with van der Waals surface area (Å²) in [5, 5.41) is 7.10. The van der Waals surface area contributed by atoms with Gasteiger partial charge in [0.1, 0.15) is 12.3 Å². The lowest BCUT2D eigenvalue weighted by molar-refractivity contribution is -0.121. The molecule has 1 aromatic heterocycles. The Morgan fingerprint density at radius 3 is 2.24 bits per heavy atom. The fourth-order valence-corrected chi connectivity index (χ4v) is 3.80. The van der Waals surface area contributed by atoms with E-state index in [0.29, 0.717) is 29.9 Å². The van der Waals surface area contributed by atoms with Crippen LogP contribution >= 0.6 is 0 Å². The van der Waals surface area contributed by atoms with Crippen LogP contribution in [0.5, 0.6) is 5.75 Å². The number of fused-ring (bicyclic) bond motifs is 1. The maximum absolute atomic E-state index is 13.4. The van der Waals surface area contributed by atoms with Crippen molar-refractivity contribution < 1.29 is 9.53 Å². The number of rotatable bonds is 8. The van der Waals surface area contributed by atoms with Gasteiger partial charge in [-0.3, -0.25) is 14.2 Å². The van der Waals surface area contributed by atoms with Crippen LogP contribution in [0.4, 0.5) is 5.69 Å². The van der Waals surface area contributed by atoms with Gasteiger partial charge in [0, 0.05) is 30.4 Å². The van der Waals surface area contributed by atoms with Crippen LogP contribution in [-0.4, -0.2) is 17.6 Å². The summed E-state index contributed by atoms with van der Waals surface area (Å²) in [5.41, 5.74) is 5.32. The summed E-state index contributed by atoms with van der Waals surface area (Å²) >= 11 is 0. The predicted octanol–water partition coefficient (Wildman–Crippen LogP) is 4.56. The van der Waals surface area contributed by atoms with E-state index in [1.807, 2.05) is 80.6 Å². The number of nitrogens with zero attached hydrogens (tertiary/aromatic N) is 1. The van der Waals surface area contributed by atoms with Crippen LogP contribution in [0.15, 0.2) is 77.6 Å². The zero-order chi connectivity index (χ0) is 24.1. The molecule has 0 bridgehead atoms. The van der Waals surface area contributed by atoms with Crippen LogP contribution in [0.25, 0.3) is 10.9 Å². The van der Waals surface area contributed by atoms with E-state index < -0.39 is 0 Å². The largest absolute Gasteiger partial charge is 0.497 e. The molecule has 0 unspecified atom stereocenters. The summed E-state index contributed by atoms with van der Waals surface area (Å²) in [6, 6.07) is 23.4. The monoisotopic (exact) mass is 455 g/mol. The molecule has 174 valence electrons. The minimum atomic E-state index is -0.226. The van der Waals surface area contributed by atoms with E-state index >= 15 is 0 Å². The van der Waals surface area contributed by atoms with Gasteiger partial charge in [-0.05, 0) is 55.1 Å². The van der Waals surface area contributed by atoms with Gasteiger partial charge in [0.2, 0.25) is 5.91 Å². The molecule has 4 rings (SSSR count). The smallest absolute Gasteiger partial charge is 0.256 e. The van der Waals surface area contributed by atoms with Gasteiger partial charge in [-0.1, -0.05) is 47.5 Å². The number of aryl methyl sites for hydroxylation is 2. The molecule has 0 saturated heterocycles. The van der Waals surface area contributed by atoms with Gasteiger partial charge < -0.3 is 15.4 Å². The first-order chi connectivity index (χ1) is 16.4. The molecular formula is C28H29N3O3. The second-order valence-corrected chi connectivity index (χ2v) is 8.47. The molecule has 6 nitrogen and oxygen atoms in total. The zero-order valence-electron chi connectivity index (χ0n) is 19.7. The van der Waals surface area contributed by atoms with Gasteiger partial charge >= 0.3 is 0 Å². The van der Waals surface area contributed by atoms with Gasteiger partial charge in [-0.2, -0.15) is 0 Å². The van der Waals surface area contributed by atoms with Gasteiger partial charge in [0.15, 0.2) is 0 Å². The SMILES string of the molecule is COc1ccc2cc(CNc3ccc(C)cc3)c(=O)n(CC(=O)NCc3ccc(C)cc3)c2c1. The van der Waals surface area contributed by atoms with E-state index in [1.165, 1.54) is 10.1 Å². The maximum Gasteiger partial charge on any atom is 0.256 e. The number of methoxy groups -OCH3 is 1. The number of aromatic nitrogens is 1. The van der Waals surface area contributed by atoms with Crippen molar-refractivity contribution in [3.05, 3.63) is 105 Å². The van der Waals surface area contributed by atoms with Crippen molar-refractivity contribution >= 4 is 22.5 Å². The fraction of sp³-hybridized carbons (Fsp3) is 0.214. The van der Waals surface area contributed by atoms with Crippen molar-refractivity contribution in [1.29, 1.82) is 0 Å². The van der Waals surface area contributed by atoms with Crippen LogP contribution in [0.3, 0.4) is 0 Å². The molecule has 1 heterocycles. The van der Waals surface area contributed by atoms with Crippen molar-refractivity contribution in [2.75, 3.05) is 12.4 Å². The molecule has 0 spiro atoms. The molecule has 0 fully saturated rings. The zero-order valence-corrected chi connectivity index (χ0v) is 19.7. The molecule has 34 heavy (non-hydrogen) atoms. The second-order valence-electron chi connectivity index (χ2n) is 8.47. The van der Waals surface area contributed by atoms with Crippen LogP contribution in [0.2, 0.25) is 0 Å². The Morgan fingerprint density at radius 2 is 1.56 bits per heavy atom. The summed E-state index contributed by atoms with van der Waals surface area (Å²) in [4.78, 5) is 26.2. The first-order valence-corrected chi connectivity index (χ1v) is 11.3. The Balaban J connectivity index is 1.60. The summed E-state index contributed by atoms with van der Waals surface area (Å²) < 4.78 is 6.88. The van der Waals surface area contributed by atoms with E-state index in [-0.39, 0.29) is 18.0 Å². The van der Waals surface area contributed by atoms with Crippen molar-refractivity contribution in [3.63, 3.8) is 0 Å². The van der Waals surface area contributed by atoms with E-state index in [9.17, 15) is 9.59 Å². The highest BCUT2D eigenvalue weighted by Crippen LogP contribution is 2.21. The van der Waals surface area contributed by atoms with Gasteiger partial charge in [0.05, 0.1) is 12.6 Å². The minimum Gasteiger partial charge on any atom is -0.497 e. The number of hydrogen-bond donors (Lipinski definition) is 2. The van der Waals surface area contributed by atoms with Gasteiger partial charge in [-0.15, -0.1) is 0 Å². The Morgan fingerprint density at radius 1 is 0.882 bits per heavy atom. The Labute approximate surface area is 199 Å². The molecule has 1 amide bonds. The number of ether oxygens (including phenoxy) is 1. The lowest BCUT2D eigenvalue weighted by atomic mass is 10.1. The van der Waals surface area contributed by atoms with Crippen molar-refractivity contribution in [2.24, 2.45) is 0 Å².